The van der Waals surface area contributed by atoms with Gasteiger partial charge in [-0.05, 0) is 39.7 Å². The van der Waals surface area contributed by atoms with Crippen LogP contribution in [0, 0.1) is 0 Å². The van der Waals surface area contributed by atoms with E-state index < -0.39 is 0 Å². The molecule has 0 spiro atoms. The number of fused-ring (bicyclic) bond motifs is 1. The highest BCUT2D eigenvalue weighted by atomic mass is 79.9. The Balaban J connectivity index is 2.24. The molecule has 21 heavy (non-hydrogen) atoms. The molecule has 0 saturated heterocycles. The molecule has 2 heterocycles. The predicted octanol–water partition coefficient (Wildman–Crippen LogP) is 4.32. The molecule has 0 aliphatic rings. The lowest BCUT2D eigenvalue weighted by Crippen LogP contribution is -2.19. The third-order valence-electron chi connectivity index (χ3n) is 3.58. The molecular weight excluding hydrogens is 423 g/mol. The Morgan fingerprint density at radius 2 is 1.76 bits per heavy atom. The third kappa shape index (κ3) is 2.29. The van der Waals surface area contributed by atoms with Gasteiger partial charge in [0.2, 0.25) is 0 Å². The van der Waals surface area contributed by atoms with Gasteiger partial charge in [0.25, 0.3) is 0 Å². The Labute approximate surface area is 142 Å². The summed E-state index contributed by atoms with van der Waals surface area (Å²) < 4.78 is 9.92. The van der Waals surface area contributed by atoms with E-state index in [2.05, 4.69) is 31.9 Å². The van der Waals surface area contributed by atoms with Crippen LogP contribution in [-0.2, 0) is 14.1 Å². The van der Waals surface area contributed by atoms with Crippen molar-refractivity contribution in [3.63, 3.8) is 0 Å². The lowest BCUT2D eigenvalue weighted by atomic mass is 10.1. The zero-order valence-electron chi connectivity index (χ0n) is 11.2. The molecule has 1 unspecified atom stereocenters. The SMILES string of the molecule is Cn1c(=O)n(C)c2cc(C(Cl)c3ccoc3Br)c(Br)cc21. The number of halogens is 3. The van der Waals surface area contributed by atoms with Crippen molar-refractivity contribution < 1.29 is 4.42 Å². The number of rotatable bonds is 2. The van der Waals surface area contributed by atoms with Crippen LogP contribution in [0.4, 0.5) is 0 Å². The van der Waals surface area contributed by atoms with Gasteiger partial charge in [-0.2, -0.15) is 0 Å². The van der Waals surface area contributed by atoms with Gasteiger partial charge < -0.3 is 4.42 Å². The maximum Gasteiger partial charge on any atom is 0.328 e. The number of benzene rings is 1. The number of alkyl halides is 1. The van der Waals surface area contributed by atoms with Gasteiger partial charge in [0.15, 0.2) is 4.67 Å². The molecule has 2 aromatic heterocycles. The molecule has 7 heteroatoms. The highest BCUT2D eigenvalue weighted by Gasteiger charge is 2.21. The van der Waals surface area contributed by atoms with E-state index in [1.807, 2.05) is 18.2 Å². The Morgan fingerprint density at radius 3 is 2.33 bits per heavy atom. The Morgan fingerprint density at radius 1 is 1.14 bits per heavy atom. The van der Waals surface area contributed by atoms with Gasteiger partial charge in [0, 0.05) is 24.1 Å². The van der Waals surface area contributed by atoms with Gasteiger partial charge in [-0.1, -0.05) is 15.9 Å². The number of hydrogen-bond donors (Lipinski definition) is 0. The minimum Gasteiger partial charge on any atom is -0.457 e. The van der Waals surface area contributed by atoms with E-state index in [9.17, 15) is 4.79 Å². The molecule has 1 atom stereocenters. The first-order chi connectivity index (χ1) is 9.91. The van der Waals surface area contributed by atoms with Crippen molar-refractivity contribution in [2.75, 3.05) is 0 Å². The second-order valence-corrected chi connectivity index (χ2v) is 6.79. The molecule has 0 N–H and O–H groups in total. The second-order valence-electron chi connectivity index (χ2n) is 4.78. The molecule has 4 nitrogen and oxygen atoms in total. The van der Waals surface area contributed by atoms with E-state index >= 15 is 0 Å². The van der Waals surface area contributed by atoms with Gasteiger partial charge in [-0.15, -0.1) is 11.6 Å². The van der Waals surface area contributed by atoms with Crippen LogP contribution in [0.2, 0.25) is 0 Å². The molecule has 3 aromatic rings. The highest BCUT2D eigenvalue weighted by Crippen LogP contribution is 2.39. The molecule has 3 rings (SSSR count). The summed E-state index contributed by atoms with van der Waals surface area (Å²) in [7, 11) is 3.50. The second kappa shape index (κ2) is 5.34. The van der Waals surface area contributed by atoms with Crippen LogP contribution in [0.25, 0.3) is 11.0 Å². The molecule has 0 saturated carbocycles. The Kier molecular flexibility index (Phi) is 3.80. The van der Waals surface area contributed by atoms with Gasteiger partial charge in [0.1, 0.15) is 0 Å². The fourth-order valence-electron chi connectivity index (χ4n) is 2.38. The minimum atomic E-state index is -0.382. The number of nitrogens with zero attached hydrogens (tertiary/aromatic N) is 2. The molecule has 0 bridgehead atoms. The van der Waals surface area contributed by atoms with Crippen molar-refractivity contribution >= 4 is 54.5 Å². The molecular formula is C14H11Br2ClN2O2. The Bertz CT molecular complexity index is 894. The quantitative estimate of drug-likeness (QED) is 0.564. The van der Waals surface area contributed by atoms with E-state index in [1.54, 1.807) is 29.5 Å². The number of aryl methyl sites for hydroxylation is 2. The van der Waals surface area contributed by atoms with Crippen LogP contribution in [0.3, 0.4) is 0 Å². The average Bonchev–Trinajstić information content (AvgIpc) is 2.97. The van der Waals surface area contributed by atoms with Crippen LogP contribution in [0.15, 0.2) is 42.8 Å². The normalized spacial score (nSPS) is 13.0. The summed E-state index contributed by atoms with van der Waals surface area (Å²) >= 11 is 13.5. The Hall–Kier alpha value is -0.980. The molecule has 110 valence electrons. The van der Waals surface area contributed by atoms with Crippen LogP contribution in [0.5, 0.6) is 0 Å². The lowest BCUT2D eigenvalue weighted by molar-refractivity contribution is 0.537. The summed E-state index contributed by atoms with van der Waals surface area (Å²) in [5, 5.41) is -0.382. The molecule has 0 aliphatic heterocycles. The summed E-state index contributed by atoms with van der Waals surface area (Å²) in [5.41, 5.74) is 3.36. The van der Waals surface area contributed by atoms with E-state index in [0.29, 0.717) is 4.67 Å². The van der Waals surface area contributed by atoms with Crippen LogP contribution < -0.4 is 5.69 Å². The van der Waals surface area contributed by atoms with E-state index in [0.717, 1.165) is 26.6 Å². The summed E-state index contributed by atoms with van der Waals surface area (Å²) in [6.07, 6.45) is 1.58. The first kappa shape index (κ1) is 14.9. The van der Waals surface area contributed by atoms with Crippen molar-refractivity contribution in [1.29, 1.82) is 0 Å². The molecule has 0 fully saturated rings. The highest BCUT2D eigenvalue weighted by molar-refractivity contribution is 9.10. The summed E-state index contributed by atoms with van der Waals surface area (Å²) in [5.74, 6) is 0. The summed E-state index contributed by atoms with van der Waals surface area (Å²) in [4.78, 5) is 12.0. The summed E-state index contributed by atoms with van der Waals surface area (Å²) in [6.45, 7) is 0. The molecule has 0 aliphatic carbocycles. The molecule has 1 aromatic carbocycles. The largest absolute Gasteiger partial charge is 0.457 e. The van der Waals surface area contributed by atoms with Crippen molar-refractivity contribution in [1.82, 2.24) is 9.13 Å². The predicted molar refractivity (Wildman–Crippen MR) is 90.0 cm³/mol. The van der Waals surface area contributed by atoms with E-state index in [1.165, 1.54) is 0 Å². The fraction of sp³-hybridized carbons (Fsp3) is 0.214. The monoisotopic (exact) mass is 432 g/mol. The number of imidazole rings is 1. The zero-order chi connectivity index (χ0) is 15.3. The summed E-state index contributed by atoms with van der Waals surface area (Å²) in [6, 6.07) is 5.66. The number of furan rings is 1. The van der Waals surface area contributed by atoms with Crippen molar-refractivity contribution in [3.8, 4) is 0 Å². The van der Waals surface area contributed by atoms with Gasteiger partial charge in [-0.3, -0.25) is 9.13 Å². The average molecular weight is 435 g/mol. The van der Waals surface area contributed by atoms with Crippen molar-refractivity contribution in [2.24, 2.45) is 14.1 Å². The van der Waals surface area contributed by atoms with Crippen LogP contribution in [0.1, 0.15) is 16.5 Å². The molecule has 0 radical (unpaired) electrons. The smallest absolute Gasteiger partial charge is 0.328 e. The fourth-order valence-corrected chi connectivity index (χ4v) is 4.03. The van der Waals surface area contributed by atoms with E-state index in [-0.39, 0.29) is 11.1 Å². The third-order valence-corrected chi connectivity index (χ3v) is 5.38. The first-order valence-corrected chi connectivity index (χ1v) is 8.16. The van der Waals surface area contributed by atoms with Crippen LogP contribution in [-0.4, -0.2) is 9.13 Å². The van der Waals surface area contributed by atoms with Crippen LogP contribution >= 0.6 is 43.5 Å². The standard InChI is InChI=1S/C14H11Br2ClN2O2/c1-18-10-5-8(12(17)7-3-4-21-13(7)16)9(15)6-11(10)19(2)14(18)20/h3-6,12H,1-2H3. The zero-order valence-corrected chi connectivity index (χ0v) is 15.2. The number of hydrogen-bond acceptors (Lipinski definition) is 2. The number of aromatic nitrogens is 2. The van der Waals surface area contributed by atoms with Gasteiger partial charge in [0.05, 0.1) is 22.7 Å². The lowest BCUT2D eigenvalue weighted by Gasteiger charge is -2.12. The first-order valence-electron chi connectivity index (χ1n) is 6.13. The van der Waals surface area contributed by atoms with E-state index in [4.69, 9.17) is 16.0 Å². The van der Waals surface area contributed by atoms with Crippen molar-refractivity contribution in [3.05, 3.63) is 55.2 Å². The minimum absolute atomic E-state index is 0.0651. The maximum absolute atomic E-state index is 12.0. The molecule has 0 amide bonds. The van der Waals surface area contributed by atoms with Crippen molar-refractivity contribution in [2.45, 2.75) is 5.38 Å². The van der Waals surface area contributed by atoms with Gasteiger partial charge >= 0.3 is 5.69 Å². The topological polar surface area (TPSA) is 40.1 Å². The van der Waals surface area contributed by atoms with Gasteiger partial charge in [-0.25, -0.2) is 4.79 Å². The maximum atomic E-state index is 12.0.